The number of rotatable bonds is 7. The van der Waals surface area contributed by atoms with Crippen LogP contribution < -0.4 is 4.74 Å². The molecule has 0 amide bonds. The molecule has 4 aromatic rings. The Bertz CT molecular complexity index is 1480. The number of carboxylic acids is 1. The lowest BCUT2D eigenvalue weighted by Gasteiger charge is -2.32. The predicted molar refractivity (Wildman–Crippen MR) is 148 cm³/mol. The van der Waals surface area contributed by atoms with E-state index in [4.69, 9.17) is 4.74 Å². The van der Waals surface area contributed by atoms with Gasteiger partial charge in [0.05, 0.1) is 10.9 Å². The van der Waals surface area contributed by atoms with Gasteiger partial charge < -0.3 is 9.84 Å². The average Bonchev–Trinajstić information content (AvgIpc) is 3.15. The van der Waals surface area contributed by atoms with E-state index < -0.39 is 11.4 Å². The van der Waals surface area contributed by atoms with Crippen molar-refractivity contribution in [3.05, 3.63) is 88.5 Å². The normalized spacial score (nSPS) is 17.0. The highest BCUT2D eigenvalue weighted by molar-refractivity contribution is 5.79. The fraction of sp³-hybridized carbons (Fsp3) is 0.387. The summed E-state index contributed by atoms with van der Waals surface area (Å²) in [6, 6.07) is 20.6. The van der Waals surface area contributed by atoms with Crippen LogP contribution >= 0.6 is 0 Å². The van der Waals surface area contributed by atoms with Crippen LogP contribution in [0.25, 0.3) is 11.0 Å². The maximum atomic E-state index is 12.5. The highest BCUT2D eigenvalue weighted by Gasteiger charge is 2.39. The highest BCUT2D eigenvalue weighted by atomic mass is 16.5. The first-order valence-corrected chi connectivity index (χ1v) is 13.3. The molecule has 5 rings (SSSR count). The molecule has 0 fully saturated rings. The number of carboxylic acid groups (broad SMARTS) is 1. The van der Waals surface area contributed by atoms with Crippen LogP contribution in [-0.2, 0) is 24.9 Å². The second kappa shape index (κ2) is 10.2. The SMILES string of the molecule is CCC1CN(Cc2cc(C(c3ccc4c(c3)nnn4C)C(C)(C)C(=O)O)ccc2C)Cc2ccccc2O1. The van der Waals surface area contributed by atoms with Crippen molar-refractivity contribution in [3.63, 3.8) is 0 Å². The molecular formula is C31H36N4O3. The number of ether oxygens (including phenoxy) is 1. The second-order valence-corrected chi connectivity index (χ2v) is 11.0. The van der Waals surface area contributed by atoms with Gasteiger partial charge in [-0.25, -0.2) is 4.68 Å². The molecule has 2 unspecified atom stereocenters. The minimum absolute atomic E-state index is 0.125. The molecule has 1 aromatic heterocycles. The van der Waals surface area contributed by atoms with Crippen LogP contribution in [0.1, 0.15) is 60.9 Å². The van der Waals surface area contributed by atoms with Crippen LogP contribution in [0.3, 0.4) is 0 Å². The Morgan fingerprint density at radius 2 is 1.87 bits per heavy atom. The van der Waals surface area contributed by atoms with Crippen molar-refractivity contribution in [2.24, 2.45) is 12.5 Å². The smallest absolute Gasteiger partial charge is 0.310 e. The Hall–Kier alpha value is -3.71. The van der Waals surface area contributed by atoms with E-state index in [1.165, 1.54) is 16.7 Å². The summed E-state index contributed by atoms with van der Waals surface area (Å²) in [6.45, 7) is 10.3. The molecule has 0 spiro atoms. The Morgan fingerprint density at radius 1 is 1.13 bits per heavy atom. The summed E-state index contributed by atoms with van der Waals surface area (Å²) < 4.78 is 8.04. The van der Waals surface area contributed by atoms with Crippen molar-refractivity contribution in [1.29, 1.82) is 0 Å². The van der Waals surface area contributed by atoms with Gasteiger partial charge in [0, 0.05) is 38.2 Å². The van der Waals surface area contributed by atoms with Crippen LogP contribution in [0.15, 0.2) is 60.7 Å². The molecule has 0 saturated heterocycles. The van der Waals surface area contributed by atoms with Crippen LogP contribution in [0.2, 0.25) is 0 Å². The van der Waals surface area contributed by atoms with Gasteiger partial charge in [0.15, 0.2) is 0 Å². The Kier molecular flexibility index (Phi) is 6.97. The van der Waals surface area contributed by atoms with E-state index in [1.54, 1.807) is 18.5 Å². The molecule has 1 N–H and O–H groups in total. The number of aryl methyl sites for hydroxylation is 2. The largest absolute Gasteiger partial charge is 0.489 e. The van der Waals surface area contributed by atoms with Crippen LogP contribution in [0, 0.1) is 12.3 Å². The molecule has 0 radical (unpaired) electrons. The Balaban J connectivity index is 1.53. The molecule has 0 bridgehead atoms. The predicted octanol–water partition coefficient (Wildman–Crippen LogP) is 5.69. The zero-order chi connectivity index (χ0) is 27.0. The summed E-state index contributed by atoms with van der Waals surface area (Å²) in [5.41, 5.74) is 6.13. The quantitative estimate of drug-likeness (QED) is 0.343. The molecule has 3 aromatic carbocycles. The summed E-state index contributed by atoms with van der Waals surface area (Å²) in [6.07, 6.45) is 1.06. The maximum Gasteiger partial charge on any atom is 0.310 e. The summed E-state index contributed by atoms with van der Waals surface area (Å²) in [7, 11) is 1.86. The van der Waals surface area contributed by atoms with Crippen molar-refractivity contribution in [3.8, 4) is 5.75 Å². The number of hydrogen-bond donors (Lipinski definition) is 1. The molecule has 38 heavy (non-hydrogen) atoms. The zero-order valence-electron chi connectivity index (χ0n) is 22.8. The van der Waals surface area contributed by atoms with E-state index in [-0.39, 0.29) is 12.0 Å². The van der Waals surface area contributed by atoms with Crippen molar-refractivity contribution < 1.29 is 14.6 Å². The lowest BCUT2D eigenvalue weighted by atomic mass is 9.71. The molecule has 7 heteroatoms. The molecule has 7 nitrogen and oxygen atoms in total. The number of carbonyl (C=O) groups is 1. The van der Waals surface area contributed by atoms with Gasteiger partial charge in [-0.05, 0) is 67.6 Å². The van der Waals surface area contributed by atoms with Crippen molar-refractivity contribution >= 4 is 17.0 Å². The van der Waals surface area contributed by atoms with Gasteiger partial charge in [0.2, 0.25) is 0 Å². The third kappa shape index (κ3) is 4.90. The van der Waals surface area contributed by atoms with Gasteiger partial charge in [-0.1, -0.05) is 54.6 Å². The number of fused-ring (bicyclic) bond motifs is 2. The summed E-state index contributed by atoms with van der Waals surface area (Å²) in [5, 5.41) is 18.7. The molecular weight excluding hydrogens is 476 g/mol. The van der Waals surface area contributed by atoms with Crippen LogP contribution in [-0.4, -0.2) is 43.6 Å². The fourth-order valence-electron chi connectivity index (χ4n) is 5.56. The van der Waals surface area contributed by atoms with Gasteiger partial charge in [-0.15, -0.1) is 5.10 Å². The Labute approximate surface area is 224 Å². The molecule has 198 valence electrons. The summed E-state index contributed by atoms with van der Waals surface area (Å²) in [5.74, 6) is -0.228. The molecule has 2 atom stereocenters. The number of aromatic nitrogens is 3. The van der Waals surface area contributed by atoms with E-state index in [0.29, 0.717) is 0 Å². The van der Waals surface area contributed by atoms with E-state index in [1.807, 2.05) is 31.3 Å². The number of aliphatic carboxylic acids is 1. The number of nitrogens with zero attached hydrogens (tertiary/aromatic N) is 4. The van der Waals surface area contributed by atoms with Gasteiger partial charge in [-0.2, -0.15) is 0 Å². The molecule has 0 aliphatic carbocycles. The lowest BCUT2D eigenvalue weighted by molar-refractivity contribution is -0.147. The van der Waals surface area contributed by atoms with Gasteiger partial charge in [-0.3, -0.25) is 9.69 Å². The van der Waals surface area contributed by atoms with Crippen LogP contribution in [0.5, 0.6) is 5.75 Å². The van der Waals surface area contributed by atoms with Gasteiger partial charge >= 0.3 is 5.97 Å². The third-order valence-corrected chi connectivity index (χ3v) is 7.92. The minimum Gasteiger partial charge on any atom is -0.489 e. The number of hydrogen-bond acceptors (Lipinski definition) is 5. The highest BCUT2D eigenvalue weighted by Crippen LogP contribution is 2.42. The molecule has 2 heterocycles. The van der Waals surface area contributed by atoms with Crippen molar-refractivity contribution in [1.82, 2.24) is 19.9 Å². The van der Waals surface area contributed by atoms with E-state index in [9.17, 15) is 9.90 Å². The molecule has 1 aliphatic heterocycles. The zero-order valence-corrected chi connectivity index (χ0v) is 22.8. The fourth-order valence-corrected chi connectivity index (χ4v) is 5.56. The number of para-hydroxylation sites is 1. The monoisotopic (exact) mass is 512 g/mol. The van der Waals surface area contributed by atoms with E-state index in [2.05, 4.69) is 65.5 Å². The van der Waals surface area contributed by atoms with Crippen LogP contribution in [0.4, 0.5) is 0 Å². The van der Waals surface area contributed by atoms with Crippen molar-refractivity contribution in [2.75, 3.05) is 6.54 Å². The van der Waals surface area contributed by atoms with Crippen molar-refractivity contribution in [2.45, 2.75) is 59.2 Å². The first-order chi connectivity index (χ1) is 18.2. The minimum atomic E-state index is -1.04. The third-order valence-electron chi connectivity index (χ3n) is 7.92. The summed E-state index contributed by atoms with van der Waals surface area (Å²) in [4.78, 5) is 15.0. The van der Waals surface area contributed by atoms with E-state index >= 15 is 0 Å². The first kappa shape index (κ1) is 25.9. The first-order valence-electron chi connectivity index (χ1n) is 13.3. The average molecular weight is 513 g/mol. The second-order valence-electron chi connectivity index (χ2n) is 11.0. The number of benzene rings is 3. The van der Waals surface area contributed by atoms with Gasteiger partial charge in [0.1, 0.15) is 17.4 Å². The standard InChI is InChI=1S/C31H36N4O3/c1-6-25-19-35(17-23-9-7-8-10-28(23)38-25)18-24-15-21(12-11-20(24)2)29(31(3,4)30(36)37)22-13-14-27-26(16-22)32-33-34(27)5/h7-16,25,29H,6,17-19H2,1-5H3,(H,36,37). The van der Waals surface area contributed by atoms with Gasteiger partial charge in [0.25, 0.3) is 0 Å². The summed E-state index contributed by atoms with van der Waals surface area (Å²) >= 11 is 0. The lowest BCUT2D eigenvalue weighted by Crippen LogP contribution is -2.33. The molecule has 0 saturated carbocycles. The topological polar surface area (TPSA) is 80.5 Å². The Morgan fingerprint density at radius 3 is 2.63 bits per heavy atom. The maximum absolute atomic E-state index is 12.5. The molecule has 1 aliphatic rings. The van der Waals surface area contributed by atoms with E-state index in [0.717, 1.165) is 54.0 Å².